The Hall–Kier alpha value is -0.650. The van der Waals surface area contributed by atoms with Crippen molar-refractivity contribution in [1.29, 1.82) is 0 Å². The van der Waals surface area contributed by atoms with Gasteiger partial charge in [0, 0.05) is 19.8 Å². The second kappa shape index (κ2) is 7.56. The van der Waals surface area contributed by atoms with Crippen molar-refractivity contribution in [3.05, 3.63) is 0 Å². The van der Waals surface area contributed by atoms with E-state index in [9.17, 15) is 4.79 Å². The summed E-state index contributed by atoms with van der Waals surface area (Å²) >= 11 is 0. The number of nitrogens with one attached hydrogen (secondary N) is 2. The summed E-state index contributed by atoms with van der Waals surface area (Å²) < 4.78 is 11.1. The number of amides is 1. The molecule has 120 valence electrons. The summed E-state index contributed by atoms with van der Waals surface area (Å²) in [5.74, 6) is 1.49. The highest BCUT2D eigenvalue weighted by Gasteiger charge is 2.42. The third-order valence-corrected chi connectivity index (χ3v) is 5.12. The number of ether oxygens (including phenoxy) is 2. The van der Waals surface area contributed by atoms with Gasteiger partial charge in [-0.3, -0.25) is 4.79 Å². The molecule has 0 aromatic heterocycles. The highest BCUT2D eigenvalue weighted by Crippen LogP contribution is 2.37. The minimum Gasteiger partial charge on any atom is -0.379 e. The first-order valence-corrected chi connectivity index (χ1v) is 8.55. The number of hydrogen-bond acceptors (Lipinski definition) is 4. The smallest absolute Gasteiger partial charge is 0.237 e. The SMILES string of the molecule is O=C(NCCCOCC1CCCO1)C1NCC2CCCC21. The van der Waals surface area contributed by atoms with E-state index in [4.69, 9.17) is 9.47 Å². The first-order valence-electron chi connectivity index (χ1n) is 8.55. The van der Waals surface area contributed by atoms with Crippen LogP contribution in [-0.4, -0.2) is 51.0 Å². The van der Waals surface area contributed by atoms with Gasteiger partial charge < -0.3 is 20.1 Å². The maximum Gasteiger partial charge on any atom is 0.237 e. The Morgan fingerprint density at radius 2 is 2.24 bits per heavy atom. The number of carbonyl (C=O) groups excluding carboxylic acids is 1. The molecule has 2 N–H and O–H groups in total. The molecule has 5 nitrogen and oxygen atoms in total. The number of rotatable bonds is 7. The lowest BCUT2D eigenvalue weighted by molar-refractivity contribution is -0.123. The zero-order chi connectivity index (χ0) is 14.5. The van der Waals surface area contributed by atoms with Crippen LogP contribution in [0.3, 0.4) is 0 Å². The van der Waals surface area contributed by atoms with Crippen LogP contribution in [0.5, 0.6) is 0 Å². The van der Waals surface area contributed by atoms with E-state index in [1.54, 1.807) is 0 Å². The molecule has 0 aromatic rings. The van der Waals surface area contributed by atoms with Crippen molar-refractivity contribution in [2.75, 3.05) is 32.9 Å². The zero-order valence-electron chi connectivity index (χ0n) is 12.8. The summed E-state index contributed by atoms with van der Waals surface area (Å²) in [6.07, 6.45) is 7.23. The van der Waals surface area contributed by atoms with Crippen LogP contribution < -0.4 is 10.6 Å². The number of carbonyl (C=O) groups is 1. The molecule has 21 heavy (non-hydrogen) atoms. The monoisotopic (exact) mass is 296 g/mol. The van der Waals surface area contributed by atoms with Crippen LogP contribution in [0.25, 0.3) is 0 Å². The van der Waals surface area contributed by atoms with Gasteiger partial charge in [-0.05, 0) is 50.5 Å². The van der Waals surface area contributed by atoms with Crippen molar-refractivity contribution < 1.29 is 14.3 Å². The van der Waals surface area contributed by atoms with Gasteiger partial charge in [-0.1, -0.05) is 6.42 Å². The zero-order valence-corrected chi connectivity index (χ0v) is 12.8. The summed E-state index contributed by atoms with van der Waals surface area (Å²) in [6.45, 7) is 4.00. The summed E-state index contributed by atoms with van der Waals surface area (Å²) in [5.41, 5.74) is 0. The Labute approximate surface area is 127 Å². The van der Waals surface area contributed by atoms with Crippen LogP contribution in [0.1, 0.15) is 38.5 Å². The average molecular weight is 296 g/mol. The van der Waals surface area contributed by atoms with Crippen molar-refractivity contribution in [2.45, 2.75) is 50.7 Å². The van der Waals surface area contributed by atoms with Crippen LogP contribution in [0, 0.1) is 11.8 Å². The molecule has 1 amide bonds. The Kier molecular flexibility index (Phi) is 5.49. The van der Waals surface area contributed by atoms with E-state index in [1.807, 2.05) is 0 Å². The molecular formula is C16H28N2O3. The summed E-state index contributed by atoms with van der Waals surface area (Å²) in [7, 11) is 0. The van der Waals surface area contributed by atoms with Crippen molar-refractivity contribution in [3.63, 3.8) is 0 Å². The first-order chi connectivity index (χ1) is 10.3. The highest BCUT2D eigenvalue weighted by molar-refractivity contribution is 5.82. The van der Waals surface area contributed by atoms with Gasteiger partial charge in [0.05, 0.1) is 18.8 Å². The normalized spacial score (nSPS) is 35.0. The van der Waals surface area contributed by atoms with E-state index in [1.165, 1.54) is 19.3 Å². The van der Waals surface area contributed by atoms with Gasteiger partial charge in [0.25, 0.3) is 0 Å². The van der Waals surface area contributed by atoms with Gasteiger partial charge in [-0.25, -0.2) is 0 Å². The van der Waals surface area contributed by atoms with Crippen molar-refractivity contribution in [3.8, 4) is 0 Å². The van der Waals surface area contributed by atoms with Gasteiger partial charge in [0.1, 0.15) is 0 Å². The molecule has 4 unspecified atom stereocenters. The molecule has 3 aliphatic rings. The molecule has 0 spiro atoms. The van der Waals surface area contributed by atoms with E-state index < -0.39 is 0 Å². The lowest BCUT2D eigenvalue weighted by Crippen LogP contribution is -2.44. The summed E-state index contributed by atoms with van der Waals surface area (Å²) in [5, 5.41) is 6.44. The van der Waals surface area contributed by atoms with Gasteiger partial charge in [0.2, 0.25) is 5.91 Å². The Morgan fingerprint density at radius 1 is 1.29 bits per heavy atom. The second-order valence-corrected chi connectivity index (χ2v) is 6.60. The van der Waals surface area contributed by atoms with Crippen molar-refractivity contribution >= 4 is 5.91 Å². The fourth-order valence-electron chi connectivity index (χ4n) is 3.96. The fraction of sp³-hybridized carbons (Fsp3) is 0.938. The molecule has 0 radical (unpaired) electrons. The van der Waals surface area contributed by atoms with Crippen molar-refractivity contribution in [2.24, 2.45) is 11.8 Å². The molecule has 2 saturated heterocycles. The standard InChI is InChI=1S/C16H28N2O3/c19-16(15-14-6-1-4-12(14)10-18-15)17-7-3-8-20-11-13-5-2-9-21-13/h12-15,18H,1-11H2,(H,17,19). The topological polar surface area (TPSA) is 59.6 Å². The van der Waals surface area contributed by atoms with E-state index in [2.05, 4.69) is 10.6 Å². The van der Waals surface area contributed by atoms with Crippen molar-refractivity contribution in [1.82, 2.24) is 10.6 Å². The average Bonchev–Trinajstić information content (AvgIpc) is 3.18. The highest BCUT2D eigenvalue weighted by atomic mass is 16.5. The molecule has 2 heterocycles. The Balaban J connectivity index is 1.24. The van der Waals surface area contributed by atoms with Gasteiger partial charge in [0.15, 0.2) is 0 Å². The predicted octanol–water partition coefficient (Wildman–Crippen LogP) is 1.08. The number of hydrogen-bond donors (Lipinski definition) is 2. The molecule has 3 fully saturated rings. The van der Waals surface area contributed by atoms with Crippen LogP contribution in [-0.2, 0) is 14.3 Å². The minimum absolute atomic E-state index is 0.0466. The van der Waals surface area contributed by atoms with Gasteiger partial charge >= 0.3 is 0 Å². The molecule has 3 rings (SSSR count). The van der Waals surface area contributed by atoms with Crippen LogP contribution >= 0.6 is 0 Å². The predicted molar refractivity (Wildman–Crippen MR) is 80.0 cm³/mol. The molecule has 1 aliphatic carbocycles. The van der Waals surface area contributed by atoms with Gasteiger partial charge in [-0.15, -0.1) is 0 Å². The van der Waals surface area contributed by atoms with Crippen LogP contribution in [0.4, 0.5) is 0 Å². The Bertz CT molecular complexity index is 344. The first kappa shape index (κ1) is 15.3. The summed E-state index contributed by atoms with van der Waals surface area (Å²) in [4.78, 5) is 12.2. The lowest BCUT2D eigenvalue weighted by atomic mass is 9.93. The fourth-order valence-corrected chi connectivity index (χ4v) is 3.96. The second-order valence-electron chi connectivity index (χ2n) is 6.60. The third kappa shape index (κ3) is 3.96. The number of fused-ring (bicyclic) bond motifs is 1. The molecule has 0 bridgehead atoms. The van der Waals surface area contributed by atoms with E-state index in [-0.39, 0.29) is 11.9 Å². The summed E-state index contributed by atoms with van der Waals surface area (Å²) in [6, 6.07) is 0.0466. The van der Waals surface area contributed by atoms with Gasteiger partial charge in [-0.2, -0.15) is 0 Å². The minimum atomic E-state index is 0.0466. The molecule has 1 saturated carbocycles. The maximum atomic E-state index is 12.2. The van der Waals surface area contributed by atoms with Crippen LogP contribution in [0.15, 0.2) is 0 Å². The molecule has 4 atom stereocenters. The molecule has 0 aromatic carbocycles. The molecule has 2 aliphatic heterocycles. The van der Waals surface area contributed by atoms with E-state index >= 15 is 0 Å². The van der Waals surface area contributed by atoms with Crippen LogP contribution in [0.2, 0.25) is 0 Å². The largest absolute Gasteiger partial charge is 0.379 e. The van der Waals surface area contributed by atoms with E-state index in [0.29, 0.717) is 31.8 Å². The van der Waals surface area contributed by atoms with E-state index in [0.717, 1.165) is 38.3 Å². The molecule has 5 heteroatoms. The Morgan fingerprint density at radius 3 is 3.10 bits per heavy atom. The third-order valence-electron chi connectivity index (χ3n) is 5.12. The maximum absolute atomic E-state index is 12.2. The quantitative estimate of drug-likeness (QED) is 0.690. The lowest BCUT2D eigenvalue weighted by Gasteiger charge is -2.17. The molecular weight excluding hydrogens is 268 g/mol.